The lowest BCUT2D eigenvalue weighted by Crippen LogP contribution is -2.61. The Hall–Kier alpha value is -10.9. The van der Waals surface area contributed by atoms with E-state index >= 15 is 0 Å². The average Bonchev–Trinajstić information content (AvgIpc) is 0.720. The Morgan fingerprint density at radius 2 is 0.604 bits per heavy atom. The molecule has 0 bridgehead atoms. The van der Waals surface area contributed by atoms with E-state index in [0.717, 1.165) is 45.5 Å². The summed E-state index contributed by atoms with van der Waals surface area (Å²) in [6.07, 6.45) is 0. The van der Waals surface area contributed by atoms with Gasteiger partial charge in [0.2, 0.25) is 0 Å². The summed E-state index contributed by atoms with van der Waals surface area (Å²) in [5.74, 6) is 0. The summed E-state index contributed by atoms with van der Waals surface area (Å²) in [7, 11) is 0. The maximum absolute atomic E-state index is 2.62. The van der Waals surface area contributed by atoms with Crippen LogP contribution in [0.25, 0.3) is 99.5 Å². The first-order chi connectivity index (χ1) is 44.5. The number of hydrogen-bond donors (Lipinski definition) is 0. The van der Waals surface area contributed by atoms with E-state index in [9.17, 15) is 0 Å². The van der Waals surface area contributed by atoms with E-state index in [1.54, 1.807) is 0 Å². The standard InChI is InChI=1S/C86H67BN4/c1-85(2,3)70-42-19-13-32-62(70)64-34-15-23-46-76(64)90-78-48-27-49-79-82(78)87(72-52-50-58(54-80(72)90)88-74-44-21-17-36-66(74)68-40-25-38-60(83(68)88)56-28-9-7-10-29-56)73-53-51-59(55-81(73)91(79)77-47-24-16-35-65(77)63-33-14-20-43-71(63)86(4,5)6)89-75-45-22-18-37-67(75)69-41-26-39-61(84(69)89)57-30-11-8-12-31-57/h7-55H,1-6H3. The zero-order valence-electron chi connectivity index (χ0n) is 52.2. The van der Waals surface area contributed by atoms with Gasteiger partial charge in [-0.05, 0) is 121 Å². The third-order valence-corrected chi connectivity index (χ3v) is 19.4. The number of nitrogens with zero attached hydrogens (tertiary/aromatic N) is 4. The van der Waals surface area contributed by atoms with Crippen molar-refractivity contribution in [2.24, 2.45) is 0 Å². The van der Waals surface area contributed by atoms with Gasteiger partial charge in [0, 0.05) is 77.9 Å². The molecule has 0 spiro atoms. The molecule has 0 saturated carbocycles. The van der Waals surface area contributed by atoms with Crippen molar-refractivity contribution in [2.75, 3.05) is 9.80 Å². The molecule has 17 rings (SSSR count). The van der Waals surface area contributed by atoms with E-state index in [1.807, 2.05) is 0 Å². The third-order valence-electron chi connectivity index (χ3n) is 19.4. The Morgan fingerprint density at radius 1 is 0.264 bits per heavy atom. The number of hydrogen-bond acceptors (Lipinski definition) is 2. The quantitative estimate of drug-likeness (QED) is 0.141. The second-order valence-electron chi connectivity index (χ2n) is 26.8. The first-order valence-electron chi connectivity index (χ1n) is 32.0. The van der Waals surface area contributed by atoms with Crippen molar-refractivity contribution >= 4 is 101 Å². The molecule has 0 saturated heterocycles. The van der Waals surface area contributed by atoms with Gasteiger partial charge in [-0.15, -0.1) is 0 Å². The molecular weight excluding hydrogens is 1100 g/mol. The molecule has 15 aromatic rings. The minimum Gasteiger partial charge on any atom is -0.311 e. The third kappa shape index (κ3) is 8.51. The fraction of sp³-hybridized carbons (Fsp3) is 0.0930. The summed E-state index contributed by atoms with van der Waals surface area (Å²) >= 11 is 0. The predicted octanol–water partition coefficient (Wildman–Crippen LogP) is 21.2. The summed E-state index contributed by atoms with van der Waals surface area (Å²) in [6, 6.07) is 112. The lowest BCUT2D eigenvalue weighted by molar-refractivity contribution is 0.591. The van der Waals surface area contributed by atoms with Crippen LogP contribution in [0.3, 0.4) is 0 Å². The summed E-state index contributed by atoms with van der Waals surface area (Å²) < 4.78 is 5.06. The van der Waals surface area contributed by atoms with Gasteiger partial charge in [-0.25, -0.2) is 0 Å². The van der Waals surface area contributed by atoms with Gasteiger partial charge in [-0.3, -0.25) is 0 Å². The minimum atomic E-state index is -0.161. The molecule has 0 atom stereocenters. The zero-order valence-corrected chi connectivity index (χ0v) is 52.2. The first kappa shape index (κ1) is 54.3. The van der Waals surface area contributed by atoms with Crippen molar-refractivity contribution in [1.82, 2.24) is 9.13 Å². The molecule has 91 heavy (non-hydrogen) atoms. The smallest absolute Gasteiger partial charge is 0.252 e. The van der Waals surface area contributed by atoms with Gasteiger partial charge in [0.1, 0.15) is 0 Å². The second-order valence-corrected chi connectivity index (χ2v) is 26.8. The van der Waals surface area contributed by atoms with Crippen molar-refractivity contribution in [3.63, 3.8) is 0 Å². The number of fused-ring (bicyclic) bond motifs is 10. The molecule has 0 amide bonds. The number of para-hydroxylation sites is 6. The van der Waals surface area contributed by atoms with Crippen LogP contribution >= 0.6 is 0 Å². The highest BCUT2D eigenvalue weighted by molar-refractivity contribution is 7.00. The van der Waals surface area contributed by atoms with Crippen LogP contribution in [0.5, 0.6) is 0 Å². The topological polar surface area (TPSA) is 16.3 Å². The van der Waals surface area contributed by atoms with Crippen molar-refractivity contribution in [1.29, 1.82) is 0 Å². The van der Waals surface area contributed by atoms with Gasteiger partial charge in [0.05, 0.1) is 33.4 Å². The fourth-order valence-corrected chi connectivity index (χ4v) is 15.5. The largest absolute Gasteiger partial charge is 0.311 e. The summed E-state index contributed by atoms with van der Waals surface area (Å²) in [5, 5.41) is 4.91. The van der Waals surface area contributed by atoms with Gasteiger partial charge in [-0.1, -0.05) is 278 Å². The monoisotopic (exact) mass is 1170 g/mol. The van der Waals surface area contributed by atoms with Crippen molar-refractivity contribution in [3.05, 3.63) is 308 Å². The van der Waals surface area contributed by atoms with Crippen LogP contribution in [0, 0.1) is 0 Å². The van der Waals surface area contributed by atoms with Gasteiger partial charge < -0.3 is 18.9 Å². The average molecular weight is 1170 g/mol. The number of anilines is 6. The number of benzene rings is 13. The van der Waals surface area contributed by atoms with Gasteiger partial charge in [0.15, 0.2) is 0 Å². The maximum Gasteiger partial charge on any atom is 0.252 e. The maximum atomic E-state index is 2.62. The highest BCUT2D eigenvalue weighted by Gasteiger charge is 2.45. The summed E-state index contributed by atoms with van der Waals surface area (Å²) in [5.41, 5.74) is 29.5. The first-order valence-corrected chi connectivity index (χ1v) is 32.0. The Kier molecular flexibility index (Phi) is 12.5. The van der Waals surface area contributed by atoms with Gasteiger partial charge in [-0.2, -0.15) is 0 Å². The molecule has 2 aromatic heterocycles. The number of aromatic nitrogens is 2. The summed E-state index contributed by atoms with van der Waals surface area (Å²) in [6.45, 7) is 13.9. The number of rotatable bonds is 8. The second kappa shape index (κ2) is 20.9. The van der Waals surface area contributed by atoms with Crippen LogP contribution in [-0.2, 0) is 10.8 Å². The van der Waals surface area contributed by atoms with Crippen molar-refractivity contribution in [3.8, 4) is 55.9 Å². The Balaban J connectivity index is 0.984. The molecule has 0 aliphatic carbocycles. The molecule has 2 aliphatic rings. The molecule has 0 unspecified atom stereocenters. The van der Waals surface area contributed by atoms with Gasteiger partial charge in [0.25, 0.3) is 6.71 Å². The molecular formula is C86H67BN4. The van der Waals surface area contributed by atoms with Crippen LogP contribution in [0.1, 0.15) is 52.7 Å². The Bertz CT molecular complexity index is 5070. The van der Waals surface area contributed by atoms with E-state index < -0.39 is 0 Å². The van der Waals surface area contributed by atoms with E-state index in [-0.39, 0.29) is 17.5 Å². The van der Waals surface area contributed by atoms with Gasteiger partial charge >= 0.3 is 0 Å². The zero-order chi connectivity index (χ0) is 61.3. The highest BCUT2D eigenvalue weighted by atomic mass is 15.2. The highest BCUT2D eigenvalue weighted by Crippen LogP contribution is 2.51. The van der Waals surface area contributed by atoms with Crippen molar-refractivity contribution in [2.45, 2.75) is 52.4 Å². The molecule has 0 fully saturated rings. The van der Waals surface area contributed by atoms with E-state index in [2.05, 4.69) is 358 Å². The molecule has 5 heteroatoms. The molecule has 434 valence electrons. The fourth-order valence-electron chi connectivity index (χ4n) is 15.5. The molecule has 0 radical (unpaired) electrons. The Labute approximate surface area is 533 Å². The normalized spacial score (nSPS) is 12.9. The van der Waals surface area contributed by atoms with E-state index in [1.165, 1.54) is 116 Å². The van der Waals surface area contributed by atoms with Crippen LogP contribution < -0.4 is 26.2 Å². The van der Waals surface area contributed by atoms with Crippen molar-refractivity contribution < 1.29 is 0 Å². The van der Waals surface area contributed by atoms with Crippen LogP contribution in [-0.4, -0.2) is 15.8 Å². The molecule has 2 aliphatic heterocycles. The lowest BCUT2D eigenvalue weighted by Gasteiger charge is -2.45. The molecule has 0 N–H and O–H groups in total. The van der Waals surface area contributed by atoms with E-state index in [4.69, 9.17) is 0 Å². The minimum absolute atomic E-state index is 0.120. The van der Waals surface area contributed by atoms with Crippen LogP contribution in [0.2, 0.25) is 0 Å². The van der Waals surface area contributed by atoms with Crippen LogP contribution in [0.15, 0.2) is 297 Å². The molecule has 4 nitrogen and oxygen atoms in total. The molecule has 4 heterocycles. The van der Waals surface area contributed by atoms with Crippen LogP contribution in [0.4, 0.5) is 34.1 Å². The SMILES string of the molecule is CC(C)(C)c1ccccc1-c1ccccc1N1c2cc(-n3c4ccccc4c4cccc(-c5ccccc5)c43)ccc2B2c3ccc(-n4c5ccccc5c5cccc(-c6ccccc6)c54)cc3N(c3ccccc3-c3ccccc3C(C)(C)C)c3cccc1c32. The predicted molar refractivity (Wildman–Crippen MR) is 388 cm³/mol. The summed E-state index contributed by atoms with van der Waals surface area (Å²) in [4.78, 5) is 5.24. The van der Waals surface area contributed by atoms with E-state index in [0.29, 0.717) is 0 Å². The molecule has 13 aromatic carbocycles. The Morgan fingerprint density at radius 3 is 1.04 bits per heavy atom. The lowest BCUT2D eigenvalue weighted by atomic mass is 9.33.